The lowest BCUT2D eigenvalue weighted by atomic mass is 10.1. The Morgan fingerprint density at radius 3 is 2.33 bits per heavy atom. The summed E-state index contributed by atoms with van der Waals surface area (Å²) in [4.78, 5) is 24.2. The van der Waals surface area contributed by atoms with Gasteiger partial charge in [-0.2, -0.15) is 0 Å². The molecule has 27 heavy (non-hydrogen) atoms. The fourth-order valence-corrected chi connectivity index (χ4v) is 3.90. The molecule has 0 bridgehead atoms. The van der Waals surface area contributed by atoms with Crippen molar-refractivity contribution in [3.05, 3.63) is 67.9 Å². The molecule has 2 aromatic carbocycles. The van der Waals surface area contributed by atoms with E-state index in [1.54, 1.807) is 24.3 Å². The van der Waals surface area contributed by atoms with Crippen LogP contribution in [-0.4, -0.2) is 16.9 Å². The molecule has 0 spiro atoms. The number of carbonyl (C=O) groups excluding carboxylic acids is 2. The van der Waals surface area contributed by atoms with Gasteiger partial charge < -0.3 is 4.74 Å². The van der Waals surface area contributed by atoms with Crippen LogP contribution in [0.4, 0.5) is 4.39 Å². The molecule has 0 saturated carbocycles. The van der Waals surface area contributed by atoms with E-state index >= 15 is 0 Å². The molecule has 0 unspecified atom stereocenters. The summed E-state index contributed by atoms with van der Waals surface area (Å²) < 4.78 is 20.2. The van der Waals surface area contributed by atoms with E-state index in [-0.39, 0.29) is 23.1 Å². The number of halogens is 3. The van der Waals surface area contributed by atoms with Gasteiger partial charge in [0.2, 0.25) is 0 Å². The van der Waals surface area contributed by atoms with E-state index < -0.39 is 11.8 Å². The number of hydrogen-bond donors (Lipinski definition) is 2. The highest BCUT2D eigenvalue weighted by Crippen LogP contribution is 2.35. The number of benzene rings is 2. The summed E-state index contributed by atoms with van der Waals surface area (Å²) in [6, 6.07) is 9.41. The molecule has 1 heterocycles. The van der Waals surface area contributed by atoms with E-state index in [2.05, 4.69) is 42.5 Å². The van der Waals surface area contributed by atoms with Gasteiger partial charge in [-0.1, -0.05) is 28.1 Å². The smallest absolute Gasteiger partial charge is 0.263 e. The molecule has 2 amide bonds. The summed E-state index contributed by atoms with van der Waals surface area (Å²) >= 11 is 11.6. The van der Waals surface area contributed by atoms with Gasteiger partial charge in [0.15, 0.2) is 5.11 Å². The van der Waals surface area contributed by atoms with Gasteiger partial charge in [0.25, 0.3) is 11.8 Å². The minimum Gasteiger partial charge on any atom is -0.487 e. The average Bonchev–Trinajstić information content (AvgIpc) is 2.58. The molecule has 1 aliphatic heterocycles. The summed E-state index contributed by atoms with van der Waals surface area (Å²) in [6.07, 6.45) is 1.42. The Bertz CT molecular complexity index is 955. The Hall–Kier alpha value is -2.10. The molecular formula is C18H11Br2FN2O3S. The van der Waals surface area contributed by atoms with Crippen molar-refractivity contribution in [2.24, 2.45) is 0 Å². The van der Waals surface area contributed by atoms with Crippen LogP contribution in [0, 0.1) is 5.82 Å². The van der Waals surface area contributed by atoms with Crippen molar-refractivity contribution in [2.75, 3.05) is 0 Å². The van der Waals surface area contributed by atoms with Crippen molar-refractivity contribution in [3.63, 3.8) is 0 Å². The second-order valence-electron chi connectivity index (χ2n) is 5.52. The number of amides is 2. The third kappa shape index (κ3) is 4.79. The number of carbonyl (C=O) groups is 2. The summed E-state index contributed by atoms with van der Waals surface area (Å²) in [5, 5.41) is 4.73. The zero-order valence-corrected chi connectivity index (χ0v) is 17.5. The van der Waals surface area contributed by atoms with Crippen LogP contribution >= 0.6 is 44.1 Å². The predicted octanol–water partition coefficient (Wildman–Crippen LogP) is 3.84. The minimum atomic E-state index is -0.593. The number of rotatable bonds is 4. The number of hydrogen-bond acceptors (Lipinski definition) is 4. The van der Waals surface area contributed by atoms with Crippen LogP contribution in [0.1, 0.15) is 11.1 Å². The molecule has 0 aliphatic carbocycles. The van der Waals surface area contributed by atoms with Crippen LogP contribution in [0.25, 0.3) is 6.08 Å². The van der Waals surface area contributed by atoms with Crippen molar-refractivity contribution < 1.29 is 18.7 Å². The van der Waals surface area contributed by atoms with Gasteiger partial charge in [-0.05, 0) is 64.1 Å². The Morgan fingerprint density at radius 2 is 1.70 bits per heavy atom. The molecule has 9 heteroatoms. The van der Waals surface area contributed by atoms with E-state index in [4.69, 9.17) is 17.0 Å². The second kappa shape index (κ2) is 8.28. The maximum atomic E-state index is 13.0. The van der Waals surface area contributed by atoms with Gasteiger partial charge in [0, 0.05) is 10.0 Å². The van der Waals surface area contributed by atoms with Crippen LogP contribution in [0.5, 0.6) is 5.75 Å². The molecule has 0 radical (unpaired) electrons. The fraction of sp³-hybridized carbons (Fsp3) is 0.0556. The van der Waals surface area contributed by atoms with Gasteiger partial charge in [0.1, 0.15) is 23.7 Å². The first-order chi connectivity index (χ1) is 12.8. The summed E-state index contributed by atoms with van der Waals surface area (Å²) in [6.45, 7) is 0.180. The van der Waals surface area contributed by atoms with E-state index in [1.165, 1.54) is 18.2 Å². The quantitative estimate of drug-likeness (QED) is 0.370. The van der Waals surface area contributed by atoms with Crippen molar-refractivity contribution >= 4 is 67.1 Å². The molecular weight excluding hydrogens is 503 g/mol. The molecule has 2 aromatic rings. The zero-order chi connectivity index (χ0) is 19.6. The van der Waals surface area contributed by atoms with Crippen LogP contribution < -0.4 is 15.4 Å². The fourth-order valence-electron chi connectivity index (χ4n) is 2.34. The molecule has 2 N–H and O–H groups in total. The topological polar surface area (TPSA) is 67.4 Å². The summed E-state index contributed by atoms with van der Waals surface area (Å²) in [5.74, 6) is -1.08. The van der Waals surface area contributed by atoms with Gasteiger partial charge in [-0.15, -0.1) is 0 Å². The van der Waals surface area contributed by atoms with E-state index in [9.17, 15) is 14.0 Å². The number of thiocarbonyl (C=S) groups is 1. The Labute approximate surface area is 176 Å². The number of ether oxygens (including phenoxy) is 1. The highest BCUT2D eigenvalue weighted by molar-refractivity contribution is 9.11. The first kappa shape index (κ1) is 19.7. The molecule has 138 valence electrons. The second-order valence-corrected chi connectivity index (χ2v) is 7.69. The van der Waals surface area contributed by atoms with Gasteiger partial charge >= 0.3 is 0 Å². The predicted molar refractivity (Wildman–Crippen MR) is 109 cm³/mol. The summed E-state index contributed by atoms with van der Waals surface area (Å²) in [7, 11) is 0. The normalized spacial score (nSPS) is 13.9. The van der Waals surface area contributed by atoms with Crippen molar-refractivity contribution in [2.45, 2.75) is 6.61 Å². The van der Waals surface area contributed by atoms with E-state index in [0.717, 1.165) is 10.0 Å². The van der Waals surface area contributed by atoms with Crippen LogP contribution in [-0.2, 0) is 16.2 Å². The monoisotopic (exact) mass is 512 g/mol. The SMILES string of the molecule is O=C1NC(=S)NC(=O)C1=Cc1cc(Br)cc(Br)c1OCc1ccc(F)cc1. The van der Waals surface area contributed by atoms with Crippen molar-refractivity contribution in [3.8, 4) is 5.75 Å². The van der Waals surface area contributed by atoms with Crippen LogP contribution in [0.15, 0.2) is 50.9 Å². The third-order valence-corrected chi connectivity index (χ3v) is 4.83. The van der Waals surface area contributed by atoms with Gasteiger partial charge in [-0.25, -0.2) is 4.39 Å². The Morgan fingerprint density at radius 1 is 1.07 bits per heavy atom. The molecule has 1 fully saturated rings. The maximum Gasteiger partial charge on any atom is 0.263 e. The third-order valence-electron chi connectivity index (χ3n) is 3.58. The summed E-state index contributed by atoms with van der Waals surface area (Å²) in [5.41, 5.74) is 1.18. The highest BCUT2D eigenvalue weighted by Gasteiger charge is 2.26. The minimum absolute atomic E-state index is 0.0367. The van der Waals surface area contributed by atoms with Crippen LogP contribution in [0.2, 0.25) is 0 Å². The maximum absolute atomic E-state index is 13.0. The Kier molecular flexibility index (Phi) is 6.03. The average molecular weight is 514 g/mol. The van der Waals surface area contributed by atoms with Crippen LogP contribution in [0.3, 0.4) is 0 Å². The molecule has 5 nitrogen and oxygen atoms in total. The highest BCUT2D eigenvalue weighted by atomic mass is 79.9. The van der Waals surface area contributed by atoms with Gasteiger partial charge in [-0.3, -0.25) is 20.2 Å². The largest absolute Gasteiger partial charge is 0.487 e. The lowest BCUT2D eigenvalue weighted by Crippen LogP contribution is -2.51. The molecule has 0 atom stereocenters. The van der Waals surface area contributed by atoms with E-state index in [1.807, 2.05) is 0 Å². The molecule has 1 saturated heterocycles. The van der Waals surface area contributed by atoms with Crippen molar-refractivity contribution in [1.82, 2.24) is 10.6 Å². The van der Waals surface area contributed by atoms with E-state index in [0.29, 0.717) is 15.8 Å². The van der Waals surface area contributed by atoms with Gasteiger partial charge in [0.05, 0.1) is 4.47 Å². The Balaban J connectivity index is 1.94. The standard InChI is InChI=1S/C18H11Br2FN2O3S/c19-11-5-10(6-13-16(24)22-18(27)23-17(13)25)15(14(20)7-11)26-8-9-1-3-12(21)4-2-9/h1-7H,8H2,(H2,22,23,24,25,27). The number of nitrogens with one attached hydrogen (secondary N) is 2. The zero-order valence-electron chi connectivity index (χ0n) is 13.5. The van der Waals surface area contributed by atoms with Crippen molar-refractivity contribution in [1.29, 1.82) is 0 Å². The lowest BCUT2D eigenvalue weighted by Gasteiger charge is -2.17. The molecule has 3 rings (SSSR count). The molecule has 0 aromatic heterocycles. The first-order valence-electron chi connectivity index (χ1n) is 7.58. The lowest BCUT2D eigenvalue weighted by molar-refractivity contribution is -0.123. The first-order valence-corrected chi connectivity index (χ1v) is 9.57. The molecule has 1 aliphatic rings.